The maximum absolute atomic E-state index is 11.7. The van der Waals surface area contributed by atoms with Crippen molar-refractivity contribution in [3.05, 3.63) is 35.4 Å². The molecule has 0 aromatic heterocycles. The Morgan fingerprint density at radius 1 is 1.43 bits per heavy atom. The second-order valence-corrected chi connectivity index (χ2v) is 5.19. The van der Waals surface area contributed by atoms with Crippen molar-refractivity contribution in [1.82, 2.24) is 0 Å². The Hall–Kier alpha value is -1.88. The normalized spacial score (nSPS) is 18.0. The zero-order valence-corrected chi connectivity index (χ0v) is 12.1. The van der Waals surface area contributed by atoms with E-state index >= 15 is 0 Å². The third-order valence-corrected chi connectivity index (χ3v) is 3.48. The minimum atomic E-state index is -0.305. The summed E-state index contributed by atoms with van der Waals surface area (Å²) in [5, 5.41) is 8.66. The van der Waals surface area contributed by atoms with Gasteiger partial charge in [-0.05, 0) is 32.3 Å². The van der Waals surface area contributed by atoms with E-state index in [1.54, 1.807) is 6.07 Å². The van der Waals surface area contributed by atoms with E-state index in [0.717, 1.165) is 5.56 Å². The van der Waals surface area contributed by atoms with Gasteiger partial charge in [-0.25, -0.2) is 4.79 Å². The van der Waals surface area contributed by atoms with Crippen molar-refractivity contribution in [2.75, 3.05) is 6.61 Å². The van der Waals surface area contributed by atoms with Gasteiger partial charge in [0.15, 0.2) is 0 Å². The summed E-state index contributed by atoms with van der Waals surface area (Å²) in [6.07, 6.45) is 1.39. The van der Waals surface area contributed by atoms with Gasteiger partial charge in [-0.3, -0.25) is 4.79 Å². The lowest BCUT2D eigenvalue weighted by atomic mass is 10.0. The van der Waals surface area contributed by atoms with E-state index in [2.05, 4.69) is 0 Å². The van der Waals surface area contributed by atoms with E-state index in [9.17, 15) is 9.59 Å². The quantitative estimate of drug-likeness (QED) is 0.781. The number of fused-ring (bicyclic) bond motifs is 1. The molecule has 0 fully saturated rings. The summed E-state index contributed by atoms with van der Waals surface area (Å²) < 4.78 is 10.6. The predicted octanol–water partition coefficient (Wildman–Crippen LogP) is 2.38. The highest BCUT2D eigenvalue weighted by atomic mass is 16.6. The molecule has 1 aliphatic heterocycles. The predicted molar refractivity (Wildman–Crippen MR) is 75.7 cm³/mol. The van der Waals surface area contributed by atoms with Gasteiger partial charge in [-0.15, -0.1) is 0 Å². The molecule has 5 nitrogen and oxygen atoms in total. The molecule has 0 saturated carbocycles. The van der Waals surface area contributed by atoms with Crippen LogP contribution in [-0.2, 0) is 14.3 Å². The van der Waals surface area contributed by atoms with Crippen LogP contribution in [0.3, 0.4) is 0 Å². The van der Waals surface area contributed by atoms with Gasteiger partial charge >= 0.3 is 11.9 Å². The second kappa shape index (κ2) is 7.22. The Labute approximate surface area is 123 Å². The largest absolute Gasteiger partial charge is 0.463 e. The van der Waals surface area contributed by atoms with Gasteiger partial charge in [0, 0.05) is 18.6 Å². The fourth-order valence-corrected chi connectivity index (χ4v) is 2.39. The number of carbonyl (C=O) groups is 2. The Bertz CT molecular complexity index is 511. The van der Waals surface area contributed by atoms with Gasteiger partial charge < -0.3 is 14.6 Å². The third-order valence-electron chi connectivity index (χ3n) is 3.48. The van der Waals surface area contributed by atoms with E-state index < -0.39 is 0 Å². The molecule has 1 aromatic carbocycles. The summed E-state index contributed by atoms with van der Waals surface area (Å²) in [7, 11) is 0. The van der Waals surface area contributed by atoms with Crippen LogP contribution in [0, 0.1) is 0 Å². The molecule has 1 heterocycles. The summed E-state index contributed by atoms with van der Waals surface area (Å²) in [6, 6.07) is 7.35. The van der Waals surface area contributed by atoms with Crippen LogP contribution in [0.4, 0.5) is 0 Å². The van der Waals surface area contributed by atoms with E-state index in [1.807, 2.05) is 25.1 Å². The van der Waals surface area contributed by atoms with E-state index in [-0.39, 0.29) is 37.2 Å². The van der Waals surface area contributed by atoms with Crippen molar-refractivity contribution in [1.29, 1.82) is 0 Å². The second-order valence-electron chi connectivity index (χ2n) is 5.19. The number of aliphatic hydroxyl groups is 1. The van der Waals surface area contributed by atoms with Crippen molar-refractivity contribution in [2.45, 2.75) is 44.8 Å². The maximum atomic E-state index is 11.7. The number of hydrogen-bond donors (Lipinski definition) is 1. The number of ether oxygens (including phenoxy) is 2. The summed E-state index contributed by atoms with van der Waals surface area (Å²) in [4.78, 5) is 23.1. The minimum absolute atomic E-state index is 0.0156. The highest BCUT2D eigenvalue weighted by Crippen LogP contribution is 2.34. The number of hydrogen-bond acceptors (Lipinski definition) is 5. The van der Waals surface area contributed by atoms with Crippen LogP contribution in [0.25, 0.3) is 0 Å². The molecule has 0 spiro atoms. The Morgan fingerprint density at radius 3 is 2.95 bits per heavy atom. The first-order valence-electron chi connectivity index (χ1n) is 7.22. The lowest BCUT2D eigenvalue weighted by Gasteiger charge is -2.16. The van der Waals surface area contributed by atoms with Gasteiger partial charge in [0.1, 0.15) is 6.10 Å². The first-order chi connectivity index (χ1) is 10.1. The first kappa shape index (κ1) is 15.5. The molecule has 0 radical (unpaired) electrons. The van der Waals surface area contributed by atoms with Gasteiger partial charge in [0.2, 0.25) is 0 Å². The van der Waals surface area contributed by atoms with Crippen molar-refractivity contribution in [3.63, 3.8) is 0 Å². The summed E-state index contributed by atoms with van der Waals surface area (Å²) in [5.41, 5.74) is 1.52. The average Bonchev–Trinajstić information content (AvgIpc) is 2.80. The van der Waals surface area contributed by atoms with Crippen molar-refractivity contribution in [3.8, 4) is 0 Å². The lowest BCUT2D eigenvalue weighted by Crippen LogP contribution is -2.16. The monoisotopic (exact) mass is 292 g/mol. The molecule has 0 aliphatic carbocycles. The fourth-order valence-electron chi connectivity index (χ4n) is 2.39. The molecule has 1 N–H and O–H groups in total. The zero-order chi connectivity index (χ0) is 15.2. The zero-order valence-electron chi connectivity index (χ0n) is 12.1. The van der Waals surface area contributed by atoms with E-state index in [0.29, 0.717) is 24.8 Å². The van der Waals surface area contributed by atoms with E-state index in [4.69, 9.17) is 14.6 Å². The van der Waals surface area contributed by atoms with E-state index in [1.165, 1.54) is 0 Å². The maximum Gasteiger partial charge on any atom is 0.339 e. The molecule has 0 amide bonds. The molecular weight excluding hydrogens is 272 g/mol. The smallest absolute Gasteiger partial charge is 0.339 e. The van der Waals surface area contributed by atoms with Gasteiger partial charge in [-0.2, -0.15) is 0 Å². The van der Waals surface area contributed by atoms with Crippen LogP contribution in [0.5, 0.6) is 0 Å². The van der Waals surface area contributed by atoms with Crippen molar-refractivity contribution in [2.24, 2.45) is 0 Å². The molecule has 5 heteroatoms. The molecule has 0 saturated heterocycles. The molecule has 114 valence electrons. The molecule has 2 unspecified atom stereocenters. The van der Waals surface area contributed by atoms with Crippen molar-refractivity contribution >= 4 is 11.9 Å². The molecule has 0 bridgehead atoms. The van der Waals surface area contributed by atoms with Crippen LogP contribution in [0.15, 0.2) is 24.3 Å². The Balaban J connectivity index is 1.81. The molecule has 2 rings (SSSR count). The number of benzene rings is 1. The van der Waals surface area contributed by atoms with Crippen LogP contribution in [-0.4, -0.2) is 29.8 Å². The molecule has 2 atom stereocenters. The Morgan fingerprint density at radius 2 is 2.19 bits per heavy atom. The number of cyclic esters (lactones) is 1. The number of aliphatic hydroxyl groups excluding tert-OH is 1. The summed E-state index contributed by atoms with van der Waals surface area (Å²) >= 11 is 0. The topological polar surface area (TPSA) is 72.8 Å². The SMILES string of the molecule is CC(CCC1OC(=O)c2ccccc21)OC(=O)CCCO. The summed E-state index contributed by atoms with van der Waals surface area (Å²) in [5.74, 6) is -0.594. The molecular formula is C16H20O5. The van der Waals surface area contributed by atoms with Gasteiger partial charge in [0.05, 0.1) is 11.7 Å². The number of carbonyl (C=O) groups excluding carboxylic acids is 2. The Kier molecular flexibility index (Phi) is 5.33. The van der Waals surface area contributed by atoms with Crippen LogP contribution < -0.4 is 0 Å². The number of rotatable bonds is 7. The van der Waals surface area contributed by atoms with Gasteiger partial charge in [0.25, 0.3) is 0 Å². The highest BCUT2D eigenvalue weighted by molar-refractivity contribution is 5.93. The first-order valence-corrected chi connectivity index (χ1v) is 7.22. The average molecular weight is 292 g/mol. The lowest BCUT2D eigenvalue weighted by molar-refractivity contribution is -0.149. The fraction of sp³-hybridized carbons (Fsp3) is 0.500. The van der Waals surface area contributed by atoms with Crippen LogP contribution in [0.2, 0.25) is 0 Å². The number of esters is 2. The van der Waals surface area contributed by atoms with Crippen LogP contribution in [0.1, 0.15) is 54.6 Å². The molecule has 1 aliphatic rings. The van der Waals surface area contributed by atoms with Crippen LogP contribution >= 0.6 is 0 Å². The van der Waals surface area contributed by atoms with Gasteiger partial charge in [-0.1, -0.05) is 18.2 Å². The molecule has 1 aromatic rings. The third kappa shape index (κ3) is 4.04. The molecule has 21 heavy (non-hydrogen) atoms. The highest BCUT2D eigenvalue weighted by Gasteiger charge is 2.30. The standard InChI is InChI=1S/C16H20O5/c1-11(20-15(18)7-4-10-17)8-9-14-12-5-2-3-6-13(12)16(19)21-14/h2-3,5-6,11,14,17H,4,7-10H2,1H3. The summed E-state index contributed by atoms with van der Waals surface area (Å²) in [6.45, 7) is 1.80. The minimum Gasteiger partial charge on any atom is -0.463 e. The van der Waals surface area contributed by atoms with Crippen molar-refractivity contribution < 1.29 is 24.2 Å².